The Labute approximate surface area is 102 Å². The van der Waals surface area contributed by atoms with Crippen molar-refractivity contribution in [3.8, 4) is 0 Å². The summed E-state index contributed by atoms with van der Waals surface area (Å²) < 4.78 is 15.4. The molecule has 1 unspecified atom stereocenters. The van der Waals surface area contributed by atoms with Crippen molar-refractivity contribution in [2.45, 2.75) is 24.4 Å². The van der Waals surface area contributed by atoms with Gasteiger partial charge in [0.2, 0.25) is 0 Å². The van der Waals surface area contributed by atoms with Gasteiger partial charge in [-0.3, -0.25) is 18.9 Å². The van der Waals surface area contributed by atoms with Gasteiger partial charge in [-0.1, -0.05) is 0 Å². The third-order valence-corrected chi connectivity index (χ3v) is 4.06. The van der Waals surface area contributed by atoms with Crippen LogP contribution in [0, 0.1) is 0 Å². The molecule has 0 aromatic rings. The van der Waals surface area contributed by atoms with Gasteiger partial charge in [-0.25, -0.2) is 0 Å². The number of carboxylic acid groups (broad SMARTS) is 2. The lowest BCUT2D eigenvalue weighted by atomic mass is 9.98. The van der Waals surface area contributed by atoms with Gasteiger partial charge in [-0.2, -0.15) is 0 Å². The van der Waals surface area contributed by atoms with Gasteiger partial charge < -0.3 is 24.7 Å². The van der Waals surface area contributed by atoms with E-state index in [0.717, 1.165) is 7.11 Å². The van der Waals surface area contributed by atoms with E-state index in [1.165, 1.54) is 0 Å². The lowest BCUT2D eigenvalue weighted by Gasteiger charge is -2.28. The number of rotatable bonds is 7. The molecule has 0 aliphatic carbocycles. The van der Waals surface area contributed by atoms with Crippen molar-refractivity contribution in [3.05, 3.63) is 0 Å². The summed E-state index contributed by atoms with van der Waals surface area (Å²) in [5.41, 5.74) is 0. The minimum atomic E-state index is -5.25. The van der Waals surface area contributed by atoms with Crippen molar-refractivity contribution in [2.24, 2.45) is 0 Å². The molecule has 0 saturated carbocycles. The molecule has 104 valence electrons. The van der Waals surface area contributed by atoms with Crippen LogP contribution < -0.4 is 0 Å². The van der Waals surface area contributed by atoms with Crippen LogP contribution in [0.5, 0.6) is 0 Å². The maximum absolute atomic E-state index is 11.3. The van der Waals surface area contributed by atoms with Crippen molar-refractivity contribution in [2.75, 3.05) is 7.11 Å². The monoisotopic (exact) mass is 284 g/mol. The molecule has 0 aromatic carbocycles. The quantitative estimate of drug-likeness (QED) is 0.354. The number of esters is 1. The molecule has 0 rings (SSSR count). The first-order valence-corrected chi connectivity index (χ1v) is 6.25. The van der Waals surface area contributed by atoms with E-state index in [-0.39, 0.29) is 0 Å². The smallest absolute Gasteiger partial charge is 0.343 e. The Morgan fingerprint density at radius 1 is 1.22 bits per heavy atom. The molecule has 0 heterocycles. The van der Waals surface area contributed by atoms with Crippen LogP contribution in [0.3, 0.4) is 0 Å². The van der Waals surface area contributed by atoms with Crippen LogP contribution in [0.25, 0.3) is 0 Å². The van der Waals surface area contributed by atoms with Crippen LogP contribution in [-0.2, 0) is 23.7 Å². The number of ether oxygens (including phenoxy) is 1. The minimum Gasteiger partial charge on any atom is -0.481 e. The lowest BCUT2D eigenvalue weighted by molar-refractivity contribution is -0.150. The van der Waals surface area contributed by atoms with Gasteiger partial charge in [0.15, 0.2) is 5.16 Å². The summed E-state index contributed by atoms with van der Waals surface area (Å²) in [6.07, 6.45) is -2.78. The second-order valence-corrected chi connectivity index (χ2v) is 5.47. The molecule has 0 aliphatic heterocycles. The van der Waals surface area contributed by atoms with Crippen molar-refractivity contribution >= 4 is 25.5 Å². The molecule has 0 bridgehead atoms. The first-order valence-electron chi connectivity index (χ1n) is 4.64. The Morgan fingerprint density at radius 3 is 2.00 bits per heavy atom. The first-order chi connectivity index (χ1) is 8.06. The van der Waals surface area contributed by atoms with E-state index in [9.17, 15) is 18.9 Å². The van der Waals surface area contributed by atoms with E-state index in [2.05, 4.69) is 4.74 Å². The summed E-state index contributed by atoms with van der Waals surface area (Å²) in [6, 6.07) is 0. The zero-order valence-electron chi connectivity index (χ0n) is 9.40. The van der Waals surface area contributed by atoms with Crippen molar-refractivity contribution in [1.29, 1.82) is 0 Å². The Bertz CT molecular complexity index is 397. The largest absolute Gasteiger partial charge is 0.481 e. The normalized spacial score (nSPS) is 14.6. The molecule has 18 heavy (non-hydrogen) atoms. The molecule has 10 heteroatoms. The molecule has 1 atom stereocenters. The molecule has 0 saturated heterocycles. The van der Waals surface area contributed by atoms with Gasteiger partial charge in [0.1, 0.15) is 0 Å². The highest BCUT2D eigenvalue weighted by atomic mass is 31.2. The predicted octanol–water partition coefficient (Wildman–Crippen LogP) is -0.585. The molecular weight excluding hydrogens is 271 g/mol. The molecule has 0 spiro atoms. The van der Waals surface area contributed by atoms with E-state index in [1.54, 1.807) is 0 Å². The number of carboxylic acids is 2. The van der Waals surface area contributed by atoms with E-state index < -0.39 is 49.9 Å². The van der Waals surface area contributed by atoms with Gasteiger partial charge in [0.25, 0.3) is 0 Å². The number of hydrogen-bond donors (Lipinski definition) is 4. The van der Waals surface area contributed by atoms with Crippen LogP contribution in [0.1, 0.15) is 19.3 Å². The average Bonchev–Trinajstić information content (AvgIpc) is 2.21. The fourth-order valence-electron chi connectivity index (χ4n) is 1.27. The van der Waals surface area contributed by atoms with E-state index in [4.69, 9.17) is 20.0 Å². The predicted molar refractivity (Wildman–Crippen MR) is 55.9 cm³/mol. The van der Waals surface area contributed by atoms with Gasteiger partial charge in [-0.05, 0) is 6.42 Å². The van der Waals surface area contributed by atoms with E-state index in [1.807, 2.05) is 0 Å². The van der Waals surface area contributed by atoms with Crippen molar-refractivity contribution in [1.82, 2.24) is 0 Å². The second kappa shape index (κ2) is 5.94. The summed E-state index contributed by atoms with van der Waals surface area (Å²) in [5.74, 6) is -4.52. The summed E-state index contributed by atoms with van der Waals surface area (Å²) in [4.78, 5) is 50.6. The second-order valence-electron chi connectivity index (χ2n) is 3.53. The zero-order chi connectivity index (χ0) is 14.6. The fraction of sp³-hybridized carbons (Fsp3) is 0.625. The molecule has 0 fully saturated rings. The minimum absolute atomic E-state index is 0.797. The zero-order valence-corrected chi connectivity index (χ0v) is 10.3. The number of aliphatic carboxylic acids is 2. The van der Waals surface area contributed by atoms with Crippen LogP contribution in [-0.4, -0.2) is 50.2 Å². The number of hydrogen-bond acceptors (Lipinski definition) is 5. The van der Waals surface area contributed by atoms with E-state index in [0.29, 0.717) is 0 Å². The molecule has 4 N–H and O–H groups in total. The van der Waals surface area contributed by atoms with Gasteiger partial charge in [0.05, 0.1) is 13.5 Å². The highest BCUT2D eigenvalue weighted by Gasteiger charge is 2.55. The summed E-state index contributed by atoms with van der Waals surface area (Å²) >= 11 is 0. The molecule has 0 aliphatic rings. The van der Waals surface area contributed by atoms with Crippen molar-refractivity contribution < 1.29 is 43.7 Å². The Morgan fingerprint density at radius 2 is 1.72 bits per heavy atom. The average molecular weight is 284 g/mol. The Hall–Kier alpha value is -1.44. The van der Waals surface area contributed by atoms with Crippen molar-refractivity contribution in [3.63, 3.8) is 0 Å². The lowest BCUT2D eigenvalue weighted by Crippen LogP contribution is -2.41. The molecular formula is C8H13O9P. The number of carbonyl (C=O) groups is 3. The standard InChI is InChI=1S/C8H13O9P/c1-17-6(11)4-8(7(12)13,18(14,15)16)3-2-5(9)10/h2-4H2,1H3,(H,9,10)(H,12,13)(H2,14,15,16). The Balaban J connectivity index is 5.44. The maximum Gasteiger partial charge on any atom is 0.343 e. The molecule has 0 aromatic heterocycles. The molecule has 0 amide bonds. The Kier molecular flexibility index (Phi) is 5.47. The van der Waals surface area contributed by atoms with Gasteiger partial charge >= 0.3 is 25.5 Å². The summed E-state index contributed by atoms with van der Waals surface area (Å²) in [5, 5.41) is 14.6. The highest BCUT2D eigenvalue weighted by Crippen LogP contribution is 2.55. The third-order valence-electron chi connectivity index (χ3n) is 2.37. The highest BCUT2D eigenvalue weighted by molar-refractivity contribution is 7.54. The number of carbonyl (C=O) groups excluding carboxylic acids is 1. The molecule has 9 nitrogen and oxygen atoms in total. The third kappa shape index (κ3) is 3.80. The van der Waals surface area contributed by atoms with E-state index >= 15 is 0 Å². The van der Waals surface area contributed by atoms with Gasteiger partial charge in [0, 0.05) is 6.42 Å². The van der Waals surface area contributed by atoms with Gasteiger partial charge in [-0.15, -0.1) is 0 Å². The van der Waals surface area contributed by atoms with Crippen LogP contribution in [0.4, 0.5) is 0 Å². The van der Waals surface area contributed by atoms with Crippen LogP contribution in [0.2, 0.25) is 0 Å². The summed E-state index contributed by atoms with van der Waals surface area (Å²) in [7, 11) is -4.33. The van der Waals surface area contributed by atoms with Crippen LogP contribution in [0.15, 0.2) is 0 Å². The summed E-state index contributed by atoms with van der Waals surface area (Å²) in [6.45, 7) is 0. The SMILES string of the molecule is COC(=O)CC(CCC(=O)O)(C(=O)O)P(=O)(O)O. The number of methoxy groups -OCH3 is 1. The van der Waals surface area contributed by atoms with Crippen LogP contribution >= 0.6 is 7.60 Å². The topological polar surface area (TPSA) is 158 Å². The fourth-order valence-corrected chi connectivity index (χ4v) is 2.26. The molecule has 0 radical (unpaired) electrons. The first kappa shape index (κ1) is 16.6. The maximum atomic E-state index is 11.3.